The summed E-state index contributed by atoms with van der Waals surface area (Å²) in [4.78, 5) is 21.0. The molecule has 2 aromatic rings. The summed E-state index contributed by atoms with van der Waals surface area (Å²) in [5, 5.41) is 37.9. The maximum atomic E-state index is 10.5. The molecule has 0 aromatic heterocycles. The molecule has 134 valence electrons. The van der Waals surface area contributed by atoms with Gasteiger partial charge in [0.05, 0.1) is 0 Å². The molecule has 2 atom stereocenters. The van der Waals surface area contributed by atoms with Gasteiger partial charge < -0.3 is 20.4 Å². The Labute approximate surface area is 150 Å². The SMILES string of the molecule is O=C(O)C=Cc1ccc(C(O)C(O)c2ccc(C=CC(=O)O)cc2)cc1. The molecule has 0 fully saturated rings. The molecule has 6 nitrogen and oxygen atoms in total. The van der Waals surface area contributed by atoms with Gasteiger partial charge in [0.25, 0.3) is 0 Å². The van der Waals surface area contributed by atoms with E-state index in [9.17, 15) is 19.8 Å². The zero-order chi connectivity index (χ0) is 19.1. The van der Waals surface area contributed by atoms with Gasteiger partial charge in [0.2, 0.25) is 0 Å². The van der Waals surface area contributed by atoms with Crippen molar-refractivity contribution < 1.29 is 30.0 Å². The minimum absolute atomic E-state index is 0.486. The Morgan fingerprint density at radius 3 is 1.23 bits per heavy atom. The van der Waals surface area contributed by atoms with Gasteiger partial charge in [-0.05, 0) is 34.4 Å². The first kappa shape index (κ1) is 19.1. The third kappa shape index (κ3) is 5.41. The van der Waals surface area contributed by atoms with Crippen molar-refractivity contribution in [3.8, 4) is 0 Å². The van der Waals surface area contributed by atoms with Crippen molar-refractivity contribution in [1.29, 1.82) is 0 Å². The Kier molecular flexibility index (Phi) is 6.43. The molecule has 0 spiro atoms. The molecule has 2 aromatic carbocycles. The van der Waals surface area contributed by atoms with Crippen LogP contribution in [0.5, 0.6) is 0 Å². The fourth-order valence-electron chi connectivity index (χ4n) is 2.31. The van der Waals surface area contributed by atoms with Gasteiger partial charge >= 0.3 is 11.9 Å². The van der Waals surface area contributed by atoms with Gasteiger partial charge in [-0.1, -0.05) is 48.5 Å². The van der Waals surface area contributed by atoms with Crippen molar-refractivity contribution in [3.05, 3.63) is 82.9 Å². The lowest BCUT2D eigenvalue weighted by Gasteiger charge is -2.19. The van der Waals surface area contributed by atoms with E-state index in [1.54, 1.807) is 48.5 Å². The zero-order valence-electron chi connectivity index (χ0n) is 13.7. The van der Waals surface area contributed by atoms with Gasteiger partial charge in [-0.3, -0.25) is 0 Å². The van der Waals surface area contributed by atoms with E-state index in [1.165, 1.54) is 12.2 Å². The van der Waals surface area contributed by atoms with Gasteiger partial charge in [-0.2, -0.15) is 0 Å². The van der Waals surface area contributed by atoms with Gasteiger partial charge in [0, 0.05) is 12.2 Å². The lowest BCUT2D eigenvalue weighted by Crippen LogP contribution is -2.10. The maximum absolute atomic E-state index is 10.5. The fraction of sp³-hybridized carbons (Fsp3) is 0.100. The third-order valence-electron chi connectivity index (χ3n) is 3.69. The molecule has 2 rings (SSSR count). The lowest BCUT2D eigenvalue weighted by atomic mass is 9.97. The summed E-state index contributed by atoms with van der Waals surface area (Å²) in [6, 6.07) is 13.0. The van der Waals surface area contributed by atoms with Crippen LogP contribution in [0.15, 0.2) is 60.7 Å². The number of hydrogen-bond acceptors (Lipinski definition) is 4. The molecule has 0 heterocycles. The molecule has 0 aliphatic carbocycles. The van der Waals surface area contributed by atoms with Crippen molar-refractivity contribution >= 4 is 24.1 Å². The second kappa shape index (κ2) is 8.75. The van der Waals surface area contributed by atoms with Crippen LogP contribution in [0.4, 0.5) is 0 Å². The zero-order valence-corrected chi connectivity index (χ0v) is 13.7. The molecule has 0 aliphatic heterocycles. The van der Waals surface area contributed by atoms with Crippen LogP contribution in [0, 0.1) is 0 Å². The monoisotopic (exact) mass is 354 g/mol. The van der Waals surface area contributed by atoms with E-state index < -0.39 is 24.1 Å². The molecule has 0 amide bonds. The largest absolute Gasteiger partial charge is 0.478 e. The molecule has 26 heavy (non-hydrogen) atoms. The van der Waals surface area contributed by atoms with Gasteiger partial charge in [0.15, 0.2) is 0 Å². The second-order valence-corrected chi connectivity index (χ2v) is 5.57. The van der Waals surface area contributed by atoms with E-state index >= 15 is 0 Å². The topological polar surface area (TPSA) is 115 Å². The lowest BCUT2D eigenvalue weighted by molar-refractivity contribution is -0.132. The summed E-state index contributed by atoms with van der Waals surface area (Å²) in [7, 11) is 0. The van der Waals surface area contributed by atoms with Crippen molar-refractivity contribution in [3.63, 3.8) is 0 Å². The minimum atomic E-state index is -1.16. The summed E-state index contributed by atoms with van der Waals surface area (Å²) in [6.07, 6.45) is 2.57. The Bertz CT molecular complexity index is 747. The van der Waals surface area contributed by atoms with Crippen molar-refractivity contribution in [2.75, 3.05) is 0 Å². The Balaban J connectivity index is 2.09. The number of carboxylic acids is 2. The summed E-state index contributed by atoms with van der Waals surface area (Å²) in [5.74, 6) is -2.10. The molecule has 0 saturated heterocycles. The van der Waals surface area contributed by atoms with Gasteiger partial charge in [0.1, 0.15) is 12.2 Å². The first-order valence-corrected chi connectivity index (χ1v) is 7.75. The van der Waals surface area contributed by atoms with Crippen LogP contribution in [-0.4, -0.2) is 32.4 Å². The molecule has 0 saturated carbocycles. The molecule has 6 heteroatoms. The molecule has 0 radical (unpaired) electrons. The van der Waals surface area contributed by atoms with Crippen molar-refractivity contribution in [2.45, 2.75) is 12.2 Å². The Morgan fingerprint density at radius 1 is 0.654 bits per heavy atom. The number of hydrogen-bond donors (Lipinski definition) is 4. The van der Waals surface area contributed by atoms with Crippen LogP contribution in [0.3, 0.4) is 0 Å². The third-order valence-corrected chi connectivity index (χ3v) is 3.69. The molecule has 2 unspecified atom stereocenters. The first-order chi connectivity index (χ1) is 12.4. The van der Waals surface area contributed by atoms with E-state index in [0.29, 0.717) is 22.3 Å². The number of aliphatic hydroxyl groups is 2. The summed E-state index contributed by atoms with van der Waals surface area (Å²) in [6.45, 7) is 0. The predicted molar refractivity (Wildman–Crippen MR) is 96.1 cm³/mol. The smallest absolute Gasteiger partial charge is 0.328 e. The number of aliphatic hydroxyl groups excluding tert-OH is 2. The van der Waals surface area contributed by atoms with Crippen LogP contribution >= 0.6 is 0 Å². The number of benzene rings is 2. The van der Waals surface area contributed by atoms with Crippen molar-refractivity contribution in [2.24, 2.45) is 0 Å². The highest BCUT2D eigenvalue weighted by Crippen LogP contribution is 2.29. The summed E-state index contributed by atoms with van der Waals surface area (Å²) in [5.41, 5.74) is 2.29. The van der Waals surface area contributed by atoms with E-state index in [4.69, 9.17) is 10.2 Å². The number of carboxylic acid groups (broad SMARTS) is 2. The van der Waals surface area contributed by atoms with E-state index in [2.05, 4.69) is 0 Å². The molecule has 0 bridgehead atoms. The van der Waals surface area contributed by atoms with Crippen LogP contribution in [-0.2, 0) is 9.59 Å². The Morgan fingerprint density at radius 2 is 0.962 bits per heavy atom. The van der Waals surface area contributed by atoms with Crippen LogP contribution < -0.4 is 0 Å². The summed E-state index contributed by atoms with van der Waals surface area (Å²) < 4.78 is 0. The van der Waals surface area contributed by atoms with Crippen LogP contribution in [0.1, 0.15) is 34.5 Å². The standard InChI is InChI=1S/C20H18O6/c21-17(22)11-5-13-1-7-15(8-2-13)19(25)20(26)16-9-3-14(4-10-16)6-12-18(23)24/h1-12,19-20,25-26H,(H,21,22)(H,23,24). The summed E-state index contributed by atoms with van der Waals surface area (Å²) >= 11 is 0. The number of rotatable bonds is 7. The van der Waals surface area contributed by atoms with E-state index in [0.717, 1.165) is 12.2 Å². The number of aliphatic carboxylic acids is 2. The van der Waals surface area contributed by atoms with Gasteiger partial charge in [-0.15, -0.1) is 0 Å². The number of carbonyl (C=O) groups is 2. The first-order valence-electron chi connectivity index (χ1n) is 7.75. The van der Waals surface area contributed by atoms with E-state index in [-0.39, 0.29) is 0 Å². The highest BCUT2D eigenvalue weighted by molar-refractivity contribution is 5.85. The quantitative estimate of drug-likeness (QED) is 0.568. The maximum Gasteiger partial charge on any atom is 0.328 e. The van der Waals surface area contributed by atoms with E-state index in [1.807, 2.05) is 0 Å². The van der Waals surface area contributed by atoms with Crippen LogP contribution in [0.25, 0.3) is 12.2 Å². The highest BCUT2D eigenvalue weighted by Gasteiger charge is 2.20. The van der Waals surface area contributed by atoms with Gasteiger partial charge in [-0.25, -0.2) is 9.59 Å². The van der Waals surface area contributed by atoms with Crippen LogP contribution in [0.2, 0.25) is 0 Å². The average Bonchev–Trinajstić information content (AvgIpc) is 2.64. The fourth-order valence-corrected chi connectivity index (χ4v) is 2.31. The highest BCUT2D eigenvalue weighted by atomic mass is 16.4. The molecule has 4 N–H and O–H groups in total. The normalized spacial score (nSPS) is 13.8. The second-order valence-electron chi connectivity index (χ2n) is 5.57. The average molecular weight is 354 g/mol. The molecule has 0 aliphatic rings. The molecular weight excluding hydrogens is 336 g/mol. The minimum Gasteiger partial charge on any atom is -0.478 e. The predicted octanol–water partition coefficient (Wildman–Crippen LogP) is 2.65. The van der Waals surface area contributed by atoms with Crippen molar-refractivity contribution in [1.82, 2.24) is 0 Å². The molecular formula is C20H18O6. The Hall–Kier alpha value is -3.22.